The first kappa shape index (κ1) is 15.0. The Morgan fingerprint density at radius 3 is 1.88 bits per heavy atom. The molecule has 0 radical (unpaired) electrons. The molecule has 0 saturated heterocycles. The van der Waals surface area contributed by atoms with Crippen LogP contribution in [0.25, 0.3) is 0 Å². The van der Waals surface area contributed by atoms with Crippen molar-refractivity contribution in [3.8, 4) is 0 Å². The molecule has 0 bridgehead atoms. The normalized spacial score (nSPS) is 25.6. The summed E-state index contributed by atoms with van der Waals surface area (Å²) >= 11 is 0. The third-order valence-electron chi connectivity index (χ3n) is 5.81. The summed E-state index contributed by atoms with van der Waals surface area (Å²) in [5, 5.41) is 3.81. The molecule has 1 saturated carbocycles. The van der Waals surface area contributed by atoms with Crippen LogP contribution in [0.3, 0.4) is 0 Å². The van der Waals surface area contributed by atoms with Gasteiger partial charge in [-0.1, -0.05) is 54.9 Å². The van der Waals surface area contributed by atoms with E-state index in [9.17, 15) is 0 Å². The maximum Gasteiger partial charge on any atom is 0.00670 e. The number of hydrogen-bond acceptors (Lipinski definition) is 1. The Hall–Kier alpha value is -0.0400. The minimum atomic E-state index is 0.522. The fraction of sp³-hybridized carbons (Fsp3) is 1.00. The van der Waals surface area contributed by atoms with E-state index in [2.05, 4.69) is 53.8 Å². The number of nitrogens with one attached hydrogen (secondary N) is 1. The molecule has 1 aliphatic carbocycles. The lowest BCUT2D eigenvalue weighted by atomic mass is 9.97. The molecule has 2 atom stereocenters. The largest absolute Gasteiger partial charge is 0.314 e. The van der Waals surface area contributed by atoms with Gasteiger partial charge in [-0.05, 0) is 42.1 Å². The van der Waals surface area contributed by atoms with Gasteiger partial charge in [0.1, 0.15) is 0 Å². The third-order valence-corrected chi connectivity index (χ3v) is 5.81. The van der Waals surface area contributed by atoms with Crippen LogP contribution in [0.5, 0.6) is 0 Å². The van der Waals surface area contributed by atoms with Gasteiger partial charge in [-0.3, -0.25) is 0 Å². The molecular weight excluding hydrogens is 206 g/mol. The molecule has 0 amide bonds. The molecule has 0 aliphatic heterocycles. The fourth-order valence-electron chi connectivity index (χ4n) is 3.17. The summed E-state index contributed by atoms with van der Waals surface area (Å²) in [7, 11) is 0. The van der Waals surface area contributed by atoms with Gasteiger partial charge in [0.15, 0.2) is 0 Å². The highest BCUT2D eigenvalue weighted by Crippen LogP contribution is 2.67. The summed E-state index contributed by atoms with van der Waals surface area (Å²) in [6.07, 6.45) is 3.90. The zero-order valence-electron chi connectivity index (χ0n) is 13.1. The Bertz CT molecular complexity index is 228. The van der Waals surface area contributed by atoms with Crippen molar-refractivity contribution in [2.45, 2.75) is 73.8 Å². The first-order chi connectivity index (χ1) is 7.77. The van der Waals surface area contributed by atoms with Gasteiger partial charge in [0.25, 0.3) is 0 Å². The standard InChI is InChI=1S/C16H33N/c1-8-12(3)10-13(9-2)17-11-14-15(4,5)16(14,6)7/h12-14,17H,8-11H2,1-7H3. The maximum absolute atomic E-state index is 3.81. The number of rotatable bonds is 7. The van der Waals surface area contributed by atoms with Gasteiger partial charge < -0.3 is 5.32 Å². The second-order valence-electron chi connectivity index (χ2n) is 7.26. The van der Waals surface area contributed by atoms with Gasteiger partial charge in [-0.15, -0.1) is 0 Å². The molecule has 1 fully saturated rings. The summed E-state index contributed by atoms with van der Waals surface area (Å²) in [5.41, 5.74) is 1.04. The lowest BCUT2D eigenvalue weighted by Gasteiger charge is -2.21. The predicted octanol–water partition coefficient (Wildman–Crippen LogP) is 4.47. The summed E-state index contributed by atoms with van der Waals surface area (Å²) in [6, 6.07) is 0.720. The molecule has 17 heavy (non-hydrogen) atoms. The maximum atomic E-state index is 3.81. The summed E-state index contributed by atoms with van der Waals surface area (Å²) in [6.45, 7) is 17.8. The topological polar surface area (TPSA) is 12.0 Å². The van der Waals surface area contributed by atoms with E-state index < -0.39 is 0 Å². The highest BCUT2D eigenvalue weighted by Gasteiger charge is 2.63. The Kier molecular flexibility index (Phi) is 4.68. The summed E-state index contributed by atoms with van der Waals surface area (Å²) in [4.78, 5) is 0. The van der Waals surface area contributed by atoms with Crippen molar-refractivity contribution in [2.24, 2.45) is 22.7 Å². The SMILES string of the molecule is CCC(C)CC(CC)NCC1C(C)(C)C1(C)C. The van der Waals surface area contributed by atoms with Crippen molar-refractivity contribution in [3.05, 3.63) is 0 Å². The van der Waals surface area contributed by atoms with Crippen molar-refractivity contribution < 1.29 is 0 Å². The molecule has 1 aliphatic rings. The molecule has 0 aromatic heterocycles. The van der Waals surface area contributed by atoms with Gasteiger partial charge in [-0.25, -0.2) is 0 Å². The van der Waals surface area contributed by atoms with Crippen molar-refractivity contribution in [2.75, 3.05) is 6.54 Å². The van der Waals surface area contributed by atoms with E-state index in [1.807, 2.05) is 0 Å². The molecule has 1 rings (SSSR count). The molecule has 0 aromatic rings. The van der Waals surface area contributed by atoms with Crippen LogP contribution in [0, 0.1) is 22.7 Å². The lowest BCUT2D eigenvalue weighted by Crippen LogP contribution is -2.32. The van der Waals surface area contributed by atoms with Crippen LogP contribution in [0.1, 0.15) is 67.7 Å². The van der Waals surface area contributed by atoms with E-state index in [1.54, 1.807) is 0 Å². The van der Waals surface area contributed by atoms with Crippen molar-refractivity contribution in [1.82, 2.24) is 5.32 Å². The smallest absolute Gasteiger partial charge is 0.00670 e. The monoisotopic (exact) mass is 239 g/mol. The van der Waals surface area contributed by atoms with Gasteiger partial charge in [-0.2, -0.15) is 0 Å². The zero-order chi connectivity index (χ0) is 13.3. The van der Waals surface area contributed by atoms with Gasteiger partial charge in [0, 0.05) is 6.04 Å². The Balaban J connectivity index is 2.35. The second kappa shape index (κ2) is 5.30. The molecule has 0 spiro atoms. The van der Waals surface area contributed by atoms with Crippen LogP contribution in [0.15, 0.2) is 0 Å². The molecule has 1 nitrogen and oxygen atoms in total. The molecule has 1 N–H and O–H groups in total. The molecule has 0 heterocycles. The minimum absolute atomic E-state index is 0.522. The molecule has 1 heteroatoms. The predicted molar refractivity (Wildman–Crippen MR) is 77.2 cm³/mol. The van der Waals surface area contributed by atoms with Crippen LogP contribution < -0.4 is 5.32 Å². The second-order valence-corrected chi connectivity index (χ2v) is 7.26. The van der Waals surface area contributed by atoms with Crippen LogP contribution in [0.4, 0.5) is 0 Å². The molecule has 0 aromatic carbocycles. The highest BCUT2D eigenvalue weighted by atomic mass is 14.9. The number of hydrogen-bond donors (Lipinski definition) is 1. The van der Waals surface area contributed by atoms with Crippen molar-refractivity contribution in [1.29, 1.82) is 0 Å². The molecule has 102 valence electrons. The van der Waals surface area contributed by atoms with Crippen molar-refractivity contribution >= 4 is 0 Å². The first-order valence-corrected chi connectivity index (χ1v) is 7.50. The summed E-state index contributed by atoms with van der Waals surface area (Å²) in [5.74, 6) is 1.70. The Morgan fingerprint density at radius 1 is 1.00 bits per heavy atom. The quantitative estimate of drug-likeness (QED) is 0.691. The highest BCUT2D eigenvalue weighted by molar-refractivity contribution is 5.12. The average Bonchev–Trinajstić information content (AvgIpc) is 2.64. The van der Waals surface area contributed by atoms with Crippen LogP contribution in [-0.2, 0) is 0 Å². The van der Waals surface area contributed by atoms with Crippen LogP contribution >= 0.6 is 0 Å². The lowest BCUT2D eigenvalue weighted by molar-refractivity contribution is 0.369. The van der Waals surface area contributed by atoms with Gasteiger partial charge in [0.2, 0.25) is 0 Å². The minimum Gasteiger partial charge on any atom is -0.314 e. The van der Waals surface area contributed by atoms with Gasteiger partial charge >= 0.3 is 0 Å². The van der Waals surface area contributed by atoms with Gasteiger partial charge in [0.05, 0.1) is 0 Å². The zero-order valence-corrected chi connectivity index (χ0v) is 13.1. The third kappa shape index (κ3) is 3.05. The Morgan fingerprint density at radius 2 is 1.53 bits per heavy atom. The van der Waals surface area contributed by atoms with E-state index >= 15 is 0 Å². The van der Waals surface area contributed by atoms with E-state index in [0.717, 1.165) is 17.9 Å². The van der Waals surface area contributed by atoms with Crippen molar-refractivity contribution in [3.63, 3.8) is 0 Å². The van der Waals surface area contributed by atoms with Crippen LogP contribution in [-0.4, -0.2) is 12.6 Å². The molecule has 2 unspecified atom stereocenters. The average molecular weight is 239 g/mol. The fourth-order valence-corrected chi connectivity index (χ4v) is 3.17. The van der Waals surface area contributed by atoms with E-state index in [-0.39, 0.29) is 0 Å². The van der Waals surface area contributed by atoms with E-state index in [0.29, 0.717) is 10.8 Å². The summed E-state index contributed by atoms with van der Waals surface area (Å²) < 4.78 is 0. The van der Waals surface area contributed by atoms with Crippen LogP contribution in [0.2, 0.25) is 0 Å². The molecular formula is C16H33N. The van der Waals surface area contributed by atoms with E-state index in [4.69, 9.17) is 0 Å². The Labute approximate surface area is 109 Å². The first-order valence-electron chi connectivity index (χ1n) is 7.50. The van der Waals surface area contributed by atoms with E-state index in [1.165, 1.54) is 25.8 Å².